The van der Waals surface area contributed by atoms with E-state index in [0.29, 0.717) is 0 Å². The Hall–Kier alpha value is -1.55. The highest BCUT2D eigenvalue weighted by atomic mass is 16.5. The standard InChI is InChI=1S/C13H19NO3/c1-9-5-11(7-15)6-10(2)13(9)17-8-12(16)14(3)4/h5-6,15H,7-8H2,1-4H3. The highest BCUT2D eigenvalue weighted by Gasteiger charge is 2.09. The molecule has 0 aliphatic carbocycles. The van der Waals surface area contributed by atoms with Crippen molar-refractivity contribution in [2.45, 2.75) is 20.5 Å². The van der Waals surface area contributed by atoms with Crippen molar-refractivity contribution in [1.82, 2.24) is 4.90 Å². The summed E-state index contributed by atoms with van der Waals surface area (Å²) in [5.74, 6) is 0.646. The molecule has 0 unspecified atom stereocenters. The van der Waals surface area contributed by atoms with E-state index in [1.165, 1.54) is 4.90 Å². The number of hydrogen-bond acceptors (Lipinski definition) is 3. The van der Waals surface area contributed by atoms with Crippen LogP contribution in [0.15, 0.2) is 12.1 Å². The Morgan fingerprint density at radius 3 is 2.24 bits per heavy atom. The molecule has 4 heteroatoms. The number of amides is 1. The van der Waals surface area contributed by atoms with Crippen LogP contribution in [-0.4, -0.2) is 36.6 Å². The van der Waals surface area contributed by atoms with Crippen molar-refractivity contribution in [3.63, 3.8) is 0 Å². The molecular weight excluding hydrogens is 218 g/mol. The first kappa shape index (κ1) is 13.5. The topological polar surface area (TPSA) is 49.8 Å². The van der Waals surface area contributed by atoms with Crippen molar-refractivity contribution in [2.24, 2.45) is 0 Å². The summed E-state index contributed by atoms with van der Waals surface area (Å²) in [6.45, 7) is 3.86. The molecule has 0 radical (unpaired) electrons. The minimum absolute atomic E-state index is 0.0125. The summed E-state index contributed by atoms with van der Waals surface area (Å²) in [7, 11) is 3.39. The quantitative estimate of drug-likeness (QED) is 0.857. The highest BCUT2D eigenvalue weighted by Crippen LogP contribution is 2.24. The van der Waals surface area contributed by atoms with Gasteiger partial charge in [-0.05, 0) is 30.5 Å². The normalized spacial score (nSPS) is 10.2. The van der Waals surface area contributed by atoms with Gasteiger partial charge in [0.1, 0.15) is 5.75 Å². The maximum Gasteiger partial charge on any atom is 0.259 e. The van der Waals surface area contributed by atoms with Crippen LogP contribution in [0.3, 0.4) is 0 Å². The number of rotatable bonds is 4. The van der Waals surface area contributed by atoms with E-state index in [1.54, 1.807) is 14.1 Å². The summed E-state index contributed by atoms with van der Waals surface area (Å²) < 4.78 is 5.52. The predicted molar refractivity (Wildman–Crippen MR) is 66.0 cm³/mol. The van der Waals surface area contributed by atoms with E-state index in [2.05, 4.69) is 0 Å². The van der Waals surface area contributed by atoms with Crippen LogP contribution in [0, 0.1) is 13.8 Å². The molecule has 0 saturated carbocycles. The summed E-state index contributed by atoms with van der Waals surface area (Å²) in [5, 5.41) is 9.07. The average Bonchev–Trinajstić information content (AvgIpc) is 2.27. The van der Waals surface area contributed by atoms with Gasteiger partial charge in [-0.1, -0.05) is 12.1 Å². The van der Waals surface area contributed by atoms with Gasteiger partial charge in [0.25, 0.3) is 5.91 Å². The lowest BCUT2D eigenvalue weighted by atomic mass is 10.1. The second-order valence-corrected chi connectivity index (χ2v) is 4.29. The zero-order valence-electron chi connectivity index (χ0n) is 10.8. The first-order valence-corrected chi connectivity index (χ1v) is 5.49. The Balaban J connectivity index is 2.81. The van der Waals surface area contributed by atoms with Gasteiger partial charge in [-0.3, -0.25) is 4.79 Å². The maximum atomic E-state index is 11.4. The third kappa shape index (κ3) is 3.46. The summed E-state index contributed by atoms with van der Waals surface area (Å²) in [6, 6.07) is 3.73. The molecule has 1 amide bonds. The number of hydrogen-bond donors (Lipinski definition) is 1. The molecular formula is C13H19NO3. The van der Waals surface area contributed by atoms with Gasteiger partial charge in [0, 0.05) is 14.1 Å². The van der Waals surface area contributed by atoms with Gasteiger partial charge < -0.3 is 14.7 Å². The molecule has 1 N–H and O–H groups in total. The Bertz CT molecular complexity index is 390. The zero-order chi connectivity index (χ0) is 13.0. The number of likely N-dealkylation sites (N-methyl/N-ethyl adjacent to an activating group) is 1. The Kier molecular flexibility index (Phi) is 4.52. The highest BCUT2D eigenvalue weighted by molar-refractivity contribution is 5.77. The molecule has 0 atom stereocenters. The van der Waals surface area contributed by atoms with Gasteiger partial charge in [0.15, 0.2) is 6.61 Å². The molecule has 0 spiro atoms. The van der Waals surface area contributed by atoms with E-state index in [4.69, 9.17) is 9.84 Å². The fraction of sp³-hybridized carbons (Fsp3) is 0.462. The number of aliphatic hydroxyl groups is 1. The molecule has 1 rings (SSSR count). The molecule has 1 aromatic rings. The third-order valence-electron chi connectivity index (χ3n) is 2.54. The number of carbonyl (C=O) groups is 1. The number of aryl methyl sites for hydroxylation is 2. The van der Waals surface area contributed by atoms with E-state index < -0.39 is 0 Å². The number of nitrogens with zero attached hydrogens (tertiary/aromatic N) is 1. The molecule has 0 aromatic heterocycles. The van der Waals surface area contributed by atoms with E-state index in [1.807, 2.05) is 26.0 Å². The van der Waals surface area contributed by atoms with E-state index in [-0.39, 0.29) is 19.1 Å². The average molecular weight is 237 g/mol. The van der Waals surface area contributed by atoms with Crippen LogP contribution in [-0.2, 0) is 11.4 Å². The lowest BCUT2D eigenvalue weighted by Gasteiger charge is -2.15. The molecule has 0 bridgehead atoms. The maximum absolute atomic E-state index is 11.4. The molecule has 94 valence electrons. The molecule has 0 aliphatic rings. The van der Waals surface area contributed by atoms with Crippen LogP contribution in [0.5, 0.6) is 5.75 Å². The number of carbonyl (C=O) groups excluding carboxylic acids is 1. The fourth-order valence-electron chi connectivity index (χ4n) is 1.62. The van der Waals surface area contributed by atoms with Gasteiger partial charge in [-0.15, -0.1) is 0 Å². The molecule has 1 aromatic carbocycles. The largest absolute Gasteiger partial charge is 0.483 e. The van der Waals surface area contributed by atoms with Crippen molar-refractivity contribution in [3.8, 4) is 5.75 Å². The van der Waals surface area contributed by atoms with Gasteiger partial charge >= 0.3 is 0 Å². The van der Waals surface area contributed by atoms with Crippen LogP contribution in [0.25, 0.3) is 0 Å². The second kappa shape index (κ2) is 5.68. The lowest BCUT2D eigenvalue weighted by molar-refractivity contribution is -0.130. The minimum atomic E-state index is -0.0740. The molecule has 4 nitrogen and oxygen atoms in total. The summed E-state index contributed by atoms with van der Waals surface area (Å²) in [6.07, 6.45) is 0. The van der Waals surface area contributed by atoms with Crippen LogP contribution in [0.1, 0.15) is 16.7 Å². The van der Waals surface area contributed by atoms with Crippen molar-refractivity contribution >= 4 is 5.91 Å². The Labute approximate surface area is 102 Å². The van der Waals surface area contributed by atoms with Crippen LogP contribution < -0.4 is 4.74 Å². The van der Waals surface area contributed by atoms with Gasteiger partial charge in [0.2, 0.25) is 0 Å². The Morgan fingerprint density at radius 2 is 1.82 bits per heavy atom. The van der Waals surface area contributed by atoms with Crippen LogP contribution >= 0.6 is 0 Å². The first-order chi connectivity index (χ1) is 7.95. The van der Waals surface area contributed by atoms with Crippen LogP contribution in [0.4, 0.5) is 0 Å². The van der Waals surface area contributed by atoms with Crippen molar-refractivity contribution < 1.29 is 14.6 Å². The number of ether oxygens (including phenoxy) is 1. The van der Waals surface area contributed by atoms with Crippen molar-refractivity contribution in [1.29, 1.82) is 0 Å². The Morgan fingerprint density at radius 1 is 1.29 bits per heavy atom. The monoisotopic (exact) mass is 237 g/mol. The first-order valence-electron chi connectivity index (χ1n) is 5.49. The number of aliphatic hydroxyl groups excluding tert-OH is 1. The summed E-state index contributed by atoms with van der Waals surface area (Å²) >= 11 is 0. The second-order valence-electron chi connectivity index (χ2n) is 4.29. The molecule has 0 aliphatic heterocycles. The summed E-state index contributed by atoms with van der Waals surface area (Å²) in [5.41, 5.74) is 2.72. The van der Waals surface area contributed by atoms with E-state index in [0.717, 1.165) is 22.4 Å². The summed E-state index contributed by atoms with van der Waals surface area (Å²) in [4.78, 5) is 12.9. The van der Waals surface area contributed by atoms with Gasteiger partial charge in [0.05, 0.1) is 6.61 Å². The van der Waals surface area contributed by atoms with Gasteiger partial charge in [-0.2, -0.15) is 0 Å². The smallest absolute Gasteiger partial charge is 0.259 e. The lowest BCUT2D eigenvalue weighted by Crippen LogP contribution is -2.27. The molecule has 17 heavy (non-hydrogen) atoms. The fourth-order valence-corrected chi connectivity index (χ4v) is 1.62. The van der Waals surface area contributed by atoms with Gasteiger partial charge in [-0.25, -0.2) is 0 Å². The zero-order valence-corrected chi connectivity index (χ0v) is 10.8. The number of benzene rings is 1. The molecule has 0 saturated heterocycles. The minimum Gasteiger partial charge on any atom is -0.483 e. The third-order valence-corrected chi connectivity index (χ3v) is 2.54. The van der Waals surface area contributed by atoms with Crippen LogP contribution in [0.2, 0.25) is 0 Å². The molecule has 0 heterocycles. The molecule has 0 fully saturated rings. The van der Waals surface area contributed by atoms with Crippen molar-refractivity contribution in [2.75, 3.05) is 20.7 Å². The van der Waals surface area contributed by atoms with E-state index in [9.17, 15) is 4.79 Å². The van der Waals surface area contributed by atoms with E-state index >= 15 is 0 Å². The van der Waals surface area contributed by atoms with Crippen molar-refractivity contribution in [3.05, 3.63) is 28.8 Å². The SMILES string of the molecule is Cc1cc(CO)cc(C)c1OCC(=O)N(C)C. The predicted octanol–water partition coefficient (Wildman–Crippen LogP) is 1.26.